The molecule has 0 radical (unpaired) electrons. The highest BCUT2D eigenvalue weighted by molar-refractivity contribution is 7.89. The van der Waals surface area contributed by atoms with Crippen LogP contribution in [0.15, 0.2) is 30.3 Å². The van der Waals surface area contributed by atoms with Crippen LogP contribution in [-0.2, 0) is 26.1 Å². The third-order valence-corrected chi connectivity index (χ3v) is 7.23. The maximum absolute atomic E-state index is 12.6. The van der Waals surface area contributed by atoms with E-state index in [1.165, 1.54) is 4.31 Å². The third-order valence-electron chi connectivity index (χ3n) is 5.31. The Morgan fingerprint density at radius 1 is 1.19 bits per heavy atom. The second-order valence-corrected chi connectivity index (χ2v) is 9.75. The predicted octanol–water partition coefficient (Wildman–Crippen LogP) is 0.770. The summed E-state index contributed by atoms with van der Waals surface area (Å²) in [5, 5.41) is 0. The molecule has 8 heteroatoms. The lowest BCUT2D eigenvalue weighted by Gasteiger charge is -2.30. The number of rotatable bonds is 7. The Morgan fingerprint density at radius 3 is 2.63 bits per heavy atom. The van der Waals surface area contributed by atoms with Crippen molar-refractivity contribution in [3.05, 3.63) is 35.9 Å². The van der Waals surface area contributed by atoms with E-state index in [0.717, 1.165) is 18.7 Å². The molecule has 0 bridgehead atoms. The third kappa shape index (κ3) is 5.07. The van der Waals surface area contributed by atoms with Gasteiger partial charge in [0.1, 0.15) is 0 Å². The smallest absolute Gasteiger partial charge is 0.225 e. The van der Waals surface area contributed by atoms with Crippen molar-refractivity contribution in [2.75, 3.05) is 46.1 Å². The first-order chi connectivity index (χ1) is 12.9. The number of fused-ring (bicyclic) bond motifs is 1. The van der Waals surface area contributed by atoms with Gasteiger partial charge >= 0.3 is 0 Å². The highest BCUT2D eigenvalue weighted by Gasteiger charge is 2.41. The second kappa shape index (κ2) is 8.68. The molecule has 3 rings (SSSR count). The summed E-state index contributed by atoms with van der Waals surface area (Å²) in [7, 11) is -0.0516. The Balaban J connectivity index is 1.62. The number of hydrogen-bond acceptors (Lipinski definition) is 5. The molecule has 0 N–H and O–H groups in total. The Morgan fingerprint density at radius 2 is 1.93 bits per heavy atom. The number of nitrogens with zero attached hydrogens (tertiary/aromatic N) is 3. The summed E-state index contributed by atoms with van der Waals surface area (Å²) in [5.41, 5.74) is 1.11. The number of carbonyl (C=O) groups is 1. The standard InChI is InChI=1S/C19H29N3O4S/c1-20(2)27(24,25)12-6-10-21-14-17-18(15-21)26-11-9-19(23)22(17)13-16-7-4-3-5-8-16/h3-5,7-8,17-18H,6,9-15H2,1-2H3/t17-,18-/m0/s1. The molecule has 27 heavy (non-hydrogen) atoms. The molecule has 1 amide bonds. The molecule has 2 aliphatic heterocycles. The monoisotopic (exact) mass is 395 g/mol. The normalized spacial score (nSPS) is 24.3. The number of likely N-dealkylation sites (tertiary alicyclic amines) is 1. The van der Waals surface area contributed by atoms with Crippen molar-refractivity contribution in [3.63, 3.8) is 0 Å². The van der Waals surface area contributed by atoms with Crippen molar-refractivity contribution in [2.45, 2.75) is 31.5 Å². The van der Waals surface area contributed by atoms with E-state index < -0.39 is 10.0 Å². The van der Waals surface area contributed by atoms with Crippen LogP contribution in [0.2, 0.25) is 0 Å². The van der Waals surface area contributed by atoms with Crippen LogP contribution in [0.25, 0.3) is 0 Å². The van der Waals surface area contributed by atoms with Crippen LogP contribution >= 0.6 is 0 Å². The molecule has 2 fully saturated rings. The Labute approximate surface area is 161 Å². The van der Waals surface area contributed by atoms with E-state index in [2.05, 4.69) is 4.90 Å². The van der Waals surface area contributed by atoms with Gasteiger partial charge in [-0.05, 0) is 18.5 Å². The molecule has 0 aromatic heterocycles. The molecule has 150 valence electrons. The Hall–Kier alpha value is -1.48. The fourth-order valence-electron chi connectivity index (χ4n) is 3.74. The average Bonchev–Trinajstić information content (AvgIpc) is 2.96. The van der Waals surface area contributed by atoms with Gasteiger partial charge in [-0.1, -0.05) is 30.3 Å². The second-order valence-electron chi connectivity index (χ2n) is 7.45. The van der Waals surface area contributed by atoms with E-state index in [1.807, 2.05) is 35.2 Å². The lowest BCUT2D eigenvalue weighted by atomic mass is 10.1. The van der Waals surface area contributed by atoms with Gasteiger partial charge in [-0.15, -0.1) is 0 Å². The van der Waals surface area contributed by atoms with E-state index in [9.17, 15) is 13.2 Å². The van der Waals surface area contributed by atoms with Crippen molar-refractivity contribution in [1.29, 1.82) is 0 Å². The number of amides is 1. The SMILES string of the molecule is CN(C)S(=O)(=O)CCCN1C[C@@H]2OCCC(=O)N(Cc3ccccc3)[C@H]2C1. The number of ether oxygens (including phenoxy) is 1. The van der Waals surface area contributed by atoms with E-state index >= 15 is 0 Å². The molecule has 0 aliphatic carbocycles. The Kier molecular flexibility index (Phi) is 6.52. The maximum atomic E-state index is 12.6. The molecule has 0 saturated carbocycles. The summed E-state index contributed by atoms with van der Waals surface area (Å²) in [6, 6.07) is 10.0. The molecule has 2 saturated heterocycles. The highest BCUT2D eigenvalue weighted by atomic mass is 32.2. The van der Waals surface area contributed by atoms with Gasteiger partial charge in [0.15, 0.2) is 0 Å². The first-order valence-electron chi connectivity index (χ1n) is 9.44. The molecule has 0 spiro atoms. The number of sulfonamides is 1. The maximum Gasteiger partial charge on any atom is 0.225 e. The van der Waals surface area contributed by atoms with Gasteiger partial charge < -0.3 is 9.64 Å². The van der Waals surface area contributed by atoms with Crippen molar-refractivity contribution in [3.8, 4) is 0 Å². The topological polar surface area (TPSA) is 70.2 Å². The van der Waals surface area contributed by atoms with Gasteiger partial charge in [-0.3, -0.25) is 9.69 Å². The molecule has 2 heterocycles. The number of carbonyl (C=O) groups excluding carboxylic acids is 1. The molecule has 1 aromatic rings. The zero-order chi connectivity index (χ0) is 19.4. The van der Waals surface area contributed by atoms with E-state index in [4.69, 9.17) is 4.74 Å². The zero-order valence-electron chi connectivity index (χ0n) is 16.1. The van der Waals surface area contributed by atoms with Crippen LogP contribution < -0.4 is 0 Å². The molecular formula is C19H29N3O4S. The lowest BCUT2D eigenvalue weighted by molar-refractivity contribution is -0.133. The minimum Gasteiger partial charge on any atom is -0.374 e. The van der Waals surface area contributed by atoms with E-state index in [-0.39, 0.29) is 23.8 Å². The summed E-state index contributed by atoms with van der Waals surface area (Å²) >= 11 is 0. The van der Waals surface area contributed by atoms with Crippen molar-refractivity contribution >= 4 is 15.9 Å². The van der Waals surface area contributed by atoms with Crippen LogP contribution in [0.4, 0.5) is 0 Å². The van der Waals surface area contributed by atoms with Crippen LogP contribution in [0.3, 0.4) is 0 Å². The van der Waals surface area contributed by atoms with Crippen molar-refractivity contribution in [2.24, 2.45) is 0 Å². The van der Waals surface area contributed by atoms with Crippen molar-refractivity contribution in [1.82, 2.24) is 14.1 Å². The molecule has 7 nitrogen and oxygen atoms in total. The summed E-state index contributed by atoms with van der Waals surface area (Å²) in [5.74, 6) is 0.266. The largest absolute Gasteiger partial charge is 0.374 e. The van der Waals surface area contributed by atoms with Gasteiger partial charge in [0.2, 0.25) is 15.9 Å². The average molecular weight is 396 g/mol. The summed E-state index contributed by atoms with van der Waals surface area (Å²) in [6.07, 6.45) is 0.985. The fourth-order valence-corrected chi connectivity index (χ4v) is 4.60. The van der Waals surface area contributed by atoms with Gasteiger partial charge in [-0.25, -0.2) is 12.7 Å². The minimum absolute atomic E-state index is 0.00869. The predicted molar refractivity (Wildman–Crippen MR) is 104 cm³/mol. The highest BCUT2D eigenvalue weighted by Crippen LogP contribution is 2.25. The molecule has 0 unspecified atom stereocenters. The van der Waals surface area contributed by atoms with Crippen molar-refractivity contribution < 1.29 is 17.9 Å². The molecule has 2 aliphatic rings. The number of hydrogen-bond donors (Lipinski definition) is 0. The summed E-state index contributed by atoms with van der Waals surface area (Å²) < 4.78 is 31.1. The zero-order valence-corrected chi connectivity index (χ0v) is 16.9. The first-order valence-corrected chi connectivity index (χ1v) is 11.1. The lowest BCUT2D eigenvalue weighted by Crippen LogP contribution is -2.45. The fraction of sp³-hybridized carbons (Fsp3) is 0.632. The summed E-state index contributed by atoms with van der Waals surface area (Å²) in [4.78, 5) is 16.8. The van der Waals surface area contributed by atoms with Crippen LogP contribution in [0.1, 0.15) is 18.4 Å². The van der Waals surface area contributed by atoms with Gasteiger partial charge in [0, 0.05) is 33.7 Å². The molecule has 2 atom stereocenters. The van der Waals surface area contributed by atoms with Crippen LogP contribution in [-0.4, -0.2) is 86.7 Å². The quantitative estimate of drug-likeness (QED) is 0.682. The van der Waals surface area contributed by atoms with E-state index in [0.29, 0.717) is 32.5 Å². The molecular weight excluding hydrogens is 366 g/mol. The van der Waals surface area contributed by atoms with Gasteiger partial charge in [-0.2, -0.15) is 0 Å². The number of benzene rings is 1. The summed E-state index contributed by atoms with van der Waals surface area (Å²) in [6.45, 7) is 3.20. The van der Waals surface area contributed by atoms with Crippen LogP contribution in [0, 0.1) is 0 Å². The Bertz CT molecular complexity index is 739. The first kappa shape index (κ1) is 20.3. The van der Waals surface area contributed by atoms with Crippen LogP contribution in [0.5, 0.6) is 0 Å². The van der Waals surface area contributed by atoms with Gasteiger partial charge in [0.05, 0.1) is 30.9 Å². The minimum atomic E-state index is -3.17. The van der Waals surface area contributed by atoms with Gasteiger partial charge in [0.25, 0.3) is 0 Å². The van der Waals surface area contributed by atoms with E-state index in [1.54, 1.807) is 14.1 Å². The molecule has 1 aromatic carbocycles.